The minimum Gasteiger partial charge on any atom is -0.434 e. The van der Waals surface area contributed by atoms with Gasteiger partial charge in [0.1, 0.15) is 5.69 Å². The van der Waals surface area contributed by atoms with Crippen LogP contribution in [0.15, 0.2) is 22.7 Å². The van der Waals surface area contributed by atoms with Gasteiger partial charge in [0.05, 0.1) is 5.69 Å². The van der Waals surface area contributed by atoms with Crippen molar-refractivity contribution in [2.24, 2.45) is 7.05 Å². The van der Waals surface area contributed by atoms with E-state index in [1.54, 1.807) is 19.2 Å². The number of halogens is 2. The van der Waals surface area contributed by atoms with E-state index in [-0.39, 0.29) is 5.75 Å². The van der Waals surface area contributed by atoms with Crippen LogP contribution in [0.5, 0.6) is 11.6 Å². The molecule has 1 aromatic heterocycles. The number of benzene rings is 1. The van der Waals surface area contributed by atoms with Gasteiger partial charge >= 0.3 is 0 Å². The van der Waals surface area contributed by atoms with E-state index in [0.29, 0.717) is 18.0 Å². The molecule has 0 radical (unpaired) electrons. The molecule has 0 bridgehead atoms. The average molecular weight is 314 g/mol. The number of rotatable bonds is 3. The molecule has 0 aliphatic carbocycles. The number of ether oxygens (including phenoxy) is 1. The van der Waals surface area contributed by atoms with Crippen molar-refractivity contribution in [3.8, 4) is 11.6 Å². The highest BCUT2D eigenvalue weighted by molar-refractivity contribution is 9.10. The first-order valence-electron chi connectivity index (χ1n) is 5.47. The summed E-state index contributed by atoms with van der Waals surface area (Å²) in [7, 11) is 1.71. The zero-order valence-electron chi connectivity index (χ0n) is 10.1. The second-order valence-electron chi connectivity index (χ2n) is 3.82. The molecule has 0 unspecified atom stereocenters. The summed E-state index contributed by atoms with van der Waals surface area (Å²) in [5.41, 5.74) is 7.09. The number of nitrogen functional groups attached to an aromatic ring is 1. The summed E-state index contributed by atoms with van der Waals surface area (Å²) in [6.45, 7) is 1.95. The molecule has 0 aliphatic rings. The summed E-state index contributed by atoms with van der Waals surface area (Å²) in [4.78, 5) is 0. The first-order valence-corrected chi connectivity index (χ1v) is 6.26. The number of aryl methyl sites for hydroxylation is 2. The third-order valence-corrected chi connectivity index (χ3v) is 3.03. The normalized spacial score (nSPS) is 10.7. The maximum absolute atomic E-state index is 13.6. The second-order valence-corrected chi connectivity index (χ2v) is 4.74. The molecule has 4 nitrogen and oxygen atoms in total. The van der Waals surface area contributed by atoms with Crippen LogP contribution in [0, 0.1) is 5.82 Å². The number of nitrogens with zero attached hydrogens (tertiary/aromatic N) is 2. The van der Waals surface area contributed by atoms with Gasteiger partial charge in [0, 0.05) is 11.5 Å². The monoisotopic (exact) mass is 313 g/mol. The summed E-state index contributed by atoms with van der Waals surface area (Å²) in [6.07, 6.45) is 0.698. The molecule has 0 aliphatic heterocycles. The van der Waals surface area contributed by atoms with E-state index in [4.69, 9.17) is 10.5 Å². The molecule has 0 saturated carbocycles. The van der Waals surface area contributed by atoms with Crippen molar-refractivity contribution in [3.63, 3.8) is 0 Å². The van der Waals surface area contributed by atoms with Gasteiger partial charge in [-0.2, -0.15) is 5.10 Å². The lowest BCUT2D eigenvalue weighted by atomic mass is 10.3. The molecule has 18 heavy (non-hydrogen) atoms. The van der Waals surface area contributed by atoms with Crippen LogP contribution in [0.3, 0.4) is 0 Å². The summed E-state index contributed by atoms with van der Waals surface area (Å²) in [5, 5.41) is 4.21. The predicted octanol–water partition coefficient (Wildman–Crippen LogP) is 3.26. The third kappa shape index (κ3) is 2.33. The zero-order valence-corrected chi connectivity index (χ0v) is 11.7. The first kappa shape index (κ1) is 12.9. The van der Waals surface area contributed by atoms with Gasteiger partial charge in [-0.3, -0.25) is 0 Å². The topological polar surface area (TPSA) is 53.1 Å². The van der Waals surface area contributed by atoms with Gasteiger partial charge in [-0.1, -0.05) is 22.9 Å². The Bertz CT molecular complexity index is 583. The Kier molecular flexibility index (Phi) is 3.56. The van der Waals surface area contributed by atoms with E-state index in [9.17, 15) is 4.39 Å². The molecule has 1 heterocycles. The van der Waals surface area contributed by atoms with Crippen LogP contribution < -0.4 is 10.5 Å². The molecular formula is C12H13BrFN3O. The smallest absolute Gasteiger partial charge is 0.241 e. The first-order chi connectivity index (χ1) is 8.52. The summed E-state index contributed by atoms with van der Waals surface area (Å²) >= 11 is 3.27. The van der Waals surface area contributed by atoms with E-state index >= 15 is 0 Å². The van der Waals surface area contributed by atoms with Gasteiger partial charge in [0.2, 0.25) is 5.88 Å². The molecule has 2 aromatic rings. The zero-order chi connectivity index (χ0) is 13.3. The molecule has 6 heteroatoms. The van der Waals surface area contributed by atoms with Crippen molar-refractivity contribution in [3.05, 3.63) is 34.2 Å². The van der Waals surface area contributed by atoms with Crippen molar-refractivity contribution < 1.29 is 9.13 Å². The van der Waals surface area contributed by atoms with Crippen LogP contribution in [0.2, 0.25) is 0 Å². The molecule has 2 N–H and O–H groups in total. The van der Waals surface area contributed by atoms with Crippen molar-refractivity contribution in [2.45, 2.75) is 13.3 Å². The van der Waals surface area contributed by atoms with E-state index < -0.39 is 5.82 Å². The SMILES string of the molecule is CCc1nn(C)c(Oc2cc(Br)ccc2F)c1N. The fraction of sp³-hybridized carbons (Fsp3) is 0.250. The van der Waals surface area contributed by atoms with Gasteiger partial charge in [-0.05, 0) is 24.6 Å². The highest BCUT2D eigenvalue weighted by Crippen LogP contribution is 2.32. The van der Waals surface area contributed by atoms with Gasteiger partial charge in [-0.25, -0.2) is 9.07 Å². The predicted molar refractivity (Wildman–Crippen MR) is 71.2 cm³/mol. The molecule has 0 fully saturated rings. The van der Waals surface area contributed by atoms with Crippen LogP contribution >= 0.6 is 15.9 Å². The maximum Gasteiger partial charge on any atom is 0.241 e. The highest BCUT2D eigenvalue weighted by Gasteiger charge is 2.16. The van der Waals surface area contributed by atoms with Crippen molar-refractivity contribution in [1.82, 2.24) is 9.78 Å². The molecule has 0 atom stereocenters. The van der Waals surface area contributed by atoms with Gasteiger partial charge in [-0.15, -0.1) is 0 Å². The van der Waals surface area contributed by atoms with Crippen LogP contribution in [0.1, 0.15) is 12.6 Å². The Hall–Kier alpha value is -1.56. The second kappa shape index (κ2) is 4.97. The number of aromatic nitrogens is 2. The van der Waals surface area contributed by atoms with Crippen LogP contribution in [0.25, 0.3) is 0 Å². The molecular weight excluding hydrogens is 301 g/mol. The molecule has 0 amide bonds. The molecule has 0 spiro atoms. The molecule has 1 aromatic carbocycles. The molecule has 2 rings (SSSR count). The Balaban J connectivity index is 2.39. The Morgan fingerprint density at radius 3 is 2.83 bits per heavy atom. The van der Waals surface area contributed by atoms with Gasteiger partial charge in [0.15, 0.2) is 11.6 Å². The Morgan fingerprint density at radius 2 is 2.22 bits per heavy atom. The van der Waals surface area contributed by atoms with E-state index in [1.807, 2.05) is 6.92 Å². The fourth-order valence-corrected chi connectivity index (χ4v) is 1.96. The van der Waals surface area contributed by atoms with E-state index in [2.05, 4.69) is 21.0 Å². The number of anilines is 1. The minimum absolute atomic E-state index is 0.113. The van der Waals surface area contributed by atoms with E-state index in [0.717, 1.165) is 10.2 Å². The number of hydrogen-bond donors (Lipinski definition) is 1. The van der Waals surface area contributed by atoms with E-state index in [1.165, 1.54) is 10.7 Å². The molecule has 0 saturated heterocycles. The van der Waals surface area contributed by atoms with Crippen molar-refractivity contribution >= 4 is 21.6 Å². The van der Waals surface area contributed by atoms with Crippen molar-refractivity contribution in [1.29, 1.82) is 0 Å². The van der Waals surface area contributed by atoms with Crippen molar-refractivity contribution in [2.75, 3.05) is 5.73 Å². The van der Waals surface area contributed by atoms with Gasteiger partial charge < -0.3 is 10.5 Å². The third-order valence-electron chi connectivity index (χ3n) is 2.54. The number of hydrogen-bond acceptors (Lipinski definition) is 3. The van der Waals surface area contributed by atoms with Gasteiger partial charge in [0.25, 0.3) is 0 Å². The Labute approximate surface area is 113 Å². The summed E-state index contributed by atoms with van der Waals surface area (Å²) in [5.74, 6) is 0.0161. The van der Waals surface area contributed by atoms with Crippen LogP contribution in [-0.4, -0.2) is 9.78 Å². The highest BCUT2D eigenvalue weighted by atomic mass is 79.9. The lowest BCUT2D eigenvalue weighted by Gasteiger charge is -2.08. The summed E-state index contributed by atoms with van der Waals surface area (Å²) in [6, 6.07) is 4.48. The lowest BCUT2D eigenvalue weighted by molar-refractivity contribution is 0.405. The maximum atomic E-state index is 13.6. The Morgan fingerprint density at radius 1 is 1.50 bits per heavy atom. The quantitative estimate of drug-likeness (QED) is 0.946. The largest absolute Gasteiger partial charge is 0.434 e. The minimum atomic E-state index is -0.447. The number of nitrogens with two attached hydrogens (primary N) is 1. The van der Waals surface area contributed by atoms with Crippen LogP contribution in [0.4, 0.5) is 10.1 Å². The average Bonchev–Trinajstić information content (AvgIpc) is 2.61. The standard InChI is InChI=1S/C12H13BrFN3O/c1-3-9-11(15)12(17(2)16-9)18-10-6-7(13)4-5-8(10)14/h4-6H,3,15H2,1-2H3. The van der Waals surface area contributed by atoms with Crippen LogP contribution in [-0.2, 0) is 13.5 Å². The lowest BCUT2D eigenvalue weighted by Crippen LogP contribution is -1.98. The summed E-state index contributed by atoms with van der Waals surface area (Å²) < 4.78 is 21.3. The fourth-order valence-electron chi connectivity index (χ4n) is 1.62. The molecule has 96 valence electrons.